The lowest BCUT2D eigenvalue weighted by Crippen LogP contribution is -2.12. The maximum atomic E-state index is 6.04. The van der Waals surface area contributed by atoms with Gasteiger partial charge in [0.2, 0.25) is 5.88 Å². The molecule has 19 heavy (non-hydrogen) atoms. The Morgan fingerprint density at radius 3 is 2.58 bits per heavy atom. The molecule has 100 valence electrons. The molecule has 1 N–H and O–H groups in total. The van der Waals surface area contributed by atoms with Gasteiger partial charge in [0.05, 0.1) is 12.1 Å². The van der Waals surface area contributed by atoms with E-state index in [9.17, 15) is 0 Å². The molecule has 1 aromatic heterocycles. The second-order valence-electron chi connectivity index (χ2n) is 4.06. The maximum absolute atomic E-state index is 6.04. The average molecular weight is 342 g/mol. The van der Waals surface area contributed by atoms with Gasteiger partial charge < -0.3 is 10.1 Å². The Labute approximate surface area is 126 Å². The summed E-state index contributed by atoms with van der Waals surface area (Å²) in [6.45, 7) is 1.52. The Morgan fingerprint density at radius 1 is 1.21 bits per heavy atom. The van der Waals surface area contributed by atoms with Crippen LogP contribution in [0.4, 0.5) is 0 Å². The van der Waals surface area contributed by atoms with E-state index in [1.165, 1.54) is 0 Å². The highest BCUT2D eigenvalue weighted by Gasteiger charge is 2.00. The van der Waals surface area contributed by atoms with Gasteiger partial charge in [0.15, 0.2) is 0 Å². The predicted molar refractivity (Wildman–Crippen MR) is 80.5 cm³/mol. The van der Waals surface area contributed by atoms with Crippen molar-refractivity contribution in [3.05, 3.63) is 57.2 Å². The van der Waals surface area contributed by atoms with Crippen molar-refractivity contribution in [3.63, 3.8) is 0 Å². The SMILES string of the molecule is COc1ccc(CNCc2ccc(Br)c(Cl)c2)cn1. The number of methoxy groups -OCH3 is 1. The molecule has 0 fully saturated rings. The van der Waals surface area contributed by atoms with Crippen molar-refractivity contribution < 1.29 is 4.74 Å². The summed E-state index contributed by atoms with van der Waals surface area (Å²) >= 11 is 9.42. The highest BCUT2D eigenvalue weighted by Crippen LogP contribution is 2.23. The molecule has 0 aliphatic rings. The van der Waals surface area contributed by atoms with Gasteiger partial charge in [0, 0.05) is 29.8 Å². The second kappa shape index (κ2) is 6.89. The lowest BCUT2D eigenvalue weighted by molar-refractivity contribution is 0.397. The largest absolute Gasteiger partial charge is 0.481 e. The predicted octanol–water partition coefficient (Wildman–Crippen LogP) is 3.80. The van der Waals surface area contributed by atoms with E-state index in [0.717, 1.165) is 33.7 Å². The van der Waals surface area contributed by atoms with Crippen LogP contribution in [0.5, 0.6) is 5.88 Å². The summed E-state index contributed by atoms with van der Waals surface area (Å²) in [5, 5.41) is 4.07. The molecule has 5 heteroatoms. The Morgan fingerprint density at radius 2 is 1.95 bits per heavy atom. The Bertz CT molecular complexity index is 546. The first-order valence-electron chi connectivity index (χ1n) is 5.82. The van der Waals surface area contributed by atoms with Crippen LogP contribution in [0.2, 0.25) is 5.02 Å². The molecule has 2 rings (SSSR count). The molecule has 0 atom stereocenters. The molecule has 0 aliphatic carbocycles. The number of halogens is 2. The van der Waals surface area contributed by atoms with Crippen LogP contribution in [0, 0.1) is 0 Å². The molecule has 0 unspecified atom stereocenters. The monoisotopic (exact) mass is 340 g/mol. The summed E-state index contributed by atoms with van der Waals surface area (Å²) < 4.78 is 5.93. The average Bonchev–Trinajstić information content (AvgIpc) is 2.43. The van der Waals surface area contributed by atoms with Crippen LogP contribution >= 0.6 is 27.5 Å². The van der Waals surface area contributed by atoms with Crippen molar-refractivity contribution in [1.29, 1.82) is 0 Å². The minimum Gasteiger partial charge on any atom is -0.481 e. The molecule has 0 saturated carbocycles. The fraction of sp³-hybridized carbons (Fsp3) is 0.214. The molecule has 0 saturated heterocycles. The summed E-state index contributed by atoms with van der Waals surface area (Å²) in [7, 11) is 1.61. The van der Waals surface area contributed by atoms with E-state index < -0.39 is 0 Å². The van der Waals surface area contributed by atoms with Gasteiger partial charge in [0.25, 0.3) is 0 Å². The number of rotatable bonds is 5. The number of hydrogen-bond donors (Lipinski definition) is 1. The van der Waals surface area contributed by atoms with Crippen LogP contribution in [0.25, 0.3) is 0 Å². The molecule has 1 heterocycles. The van der Waals surface area contributed by atoms with Gasteiger partial charge in [0.1, 0.15) is 0 Å². The van der Waals surface area contributed by atoms with Crippen LogP contribution in [-0.2, 0) is 13.1 Å². The minimum absolute atomic E-state index is 0.628. The Hall–Kier alpha value is -1.10. The molecule has 3 nitrogen and oxygen atoms in total. The summed E-state index contributed by atoms with van der Waals surface area (Å²) in [4.78, 5) is 4.16. The van der Waals surface area contributed by atoms with Crippen LogP contribution in [0.3, 0.4) is 0 Å². The van der Waals surface area contributed by atoms with Crippen LogP contribution in [-0.4, -0.2) is 12.1 Å². The van der Waals surface area contributed by atoms with E-state index in [-0.39, 0.29) is 0 Å². The van der Waals surface area contributed by atoms with Crippen molar-refractivity contribution in [1.82, 2.24) is 10.3 Å². The molecular weight excluding hydrogens is 328 g/mol. The van der Waals surface area contributed by atoms with Crippen molar-refractivity contribution in [2.75, 3.05) is 7.11 Å². The van der Waals surface area contributed by atoms with Crippen LogP contribution < -0.4 is 10.1 Å². The molecule has 0 aliphatic heterocycles. The van der Waals surface area contributed by atoms with Gasteiger partial charge in [-0.05, 0) is 39.2 Å². The minimum atomic E-state index is 0.628. The summed E-state index contributed by atoms with van der Waals surface area (Å²) in [5.74, 6) is 0.628. The van der Waals surface area contributed by atoms with Crippen molar-refractivity contribution >= 4 is 27.5 Å². The molecule has 0 radical (unpaired) electrons. The fourth-order valence-corrected chi connectivity index (χ4v) is 2.09. The highest BCUT2D eigenvalue weighted by molar-refractivity contribution is 9.10. The smallest absolute Gasteiger partial charge is 0.212 e. The van der Waals surface area contributed by atoms with E-state index in [2.05, 4.69) is 26.2 Å². The van der Waals surface area contributed by atoms with Gasteiger partial charge in [-0.3, -0.25) is 0 Å². The third-order valence-electron chi connectivity index (χ3n) is 2.65. The van der Waals surface area contributed by atoms with Crippen molar-refractivity contribution in [2.45, 2.75) is 13.1 Å². The molecule has 1 aromatic carbocycles. The number of hydrogen-bond acceptors (Lipinski definition) is 3. The first kappa shape index (κ1) is 14.3. The summed E-state index contributed by atoms with van der Waals surface area (Å²) in [6, 6.07) is 9.79. The van der Waals surface area contributed by atoms with E-state index in [4.69, 9.17) is 16.3 Å². The van der Waals surface area contributed by atoms with E-state index in [1.807, 2.05) is 30.3 Å². The lowest BCUT2D eigenvalue weighted by atomic mass is 10.2. The number of ether oxygens (including phenoxy) is 1. The maximum Gasteiger partial charge on any atom is 0.212 e. The molecule has 2 aromatic rings. The topological polar surface area (TPSA) is 34.1 Å². The molecule has 0 spiro atoms. The number of nitrogens with zero attached hydrogens (tertiary/aromatic N) is 1. The molecular formula is C14H14BrClN2O. The number of aromatic nitrogens is 1. The number of benzene rings is 1. The van der Waals surface area contributed by atoms with Crippen molar-refractivity contribution in [3.8, 4) is 5.88 Å². The normalized spacial score (nSPS) is 10.5. The van der Waals surface area contributed by atoms with Crippen molar-refractivity contribution in [2.24, 2.45) is 0 Å². The highest BCUT2D eigenvalue weighted by atomic mass is 79.9. The van der Waals surface area contributed by atoms with E-state index in [1.54, 1.807) is 13.3 Å². The molecule has 0 bridgehead atoms. The summed E-state index contributed by atoms with van der Waals surface area (Å²) in [6.07, 6.45) is 1.81. The lowest BCUT2D eigenvalue weighted by Gasteiger charge is -2.06. The molecule has 0 amide bonds. The zero-order chi connectivity index (χ0) is 13.7. The first-order valence-corrected chi connectivity index (χ1v) is 6.99. The third kappa shape index (κ3) is 4.20. The van der Waals surface area contributed by atoms with Gasteiger partial charge >= 0.3 is 0 Å². The van der Waals surface area contributed by atoms with E-state index in [0.29, 0.717) is 5.88 Å². The first-order chi connectivity index (χ1) is 9.19. The quantitative estimate of drug-likeness (QED) is 0.898. The zero-order valence-corrected chi connectivity index (χ0v) is 12.8. The van der Waals surface area contributed by atoms with Gasteiger partial charge in [-0.15, -0.1) is 0 Å². The third-order valence-corrected chi connectivity index (χ3v) is 3.88. The zero-order valence-electron chi connectivity index (χ0n) is 10.5. The van der Waals surface area contributed by atoms with Crippen LogP contribution in [0.15, 0.2) is 41.0 Å². The summed E-state index contributed by atoms with van der Waals surface area (Å²) in [5.41, 5.74) is 2.26. The van der Waals surface area contributed by atoms with E-state index >= 15 is 0 Å². The van der Waals surface area contributed by atoms with Gasteiger partial charge in [-0.2, -0.15) is 0 Å². The Balaban J connectivity index is 1.86. The fourth-order valence-electron chi connectivity index (χ4n) is 1.64. The second-order valence-corrected chi connectivity index (χ2v) is 5.32. The van der Waals surface area contributed by atoms with Gasteiger partial charge in [-0.1, -0.05) is 23.7 Å². The number of nitrogens with one attached hydrogen (secondary N) is 1. The number of pyridine rings is 1. The van der Waals surface area contributed by atoms with Crippen LogP contribution in [0.1, 0.15) is 11.1 Å². The standard InChI is InChI=1S/C14H14BrClN2O/c1-19-14-5-3-11(9-18-14)8-17-7-10-2-4-12(15)13(16)6-10/h2-6,9,17H,7-8H2,1H3. The Kier molecular flexibility index (Phi) is 5.19. The van der Waals surface area contributed by atoms with Gasteiger partial charge in [-0.25, -0.2) is 4.98 Å².